The third-order valence-corrected chi connectivity index (χ3v) is 3.17. The van der Waals surface area contributed by atoms with E-state index in [0.717, 1.165) is 16.3 Å². The maximum Gasteiger partial charge on any atom is 0.320 e. The highest BCUT2D eigenvalue weighted by molar-refractivity contribution is 5.95. The maximum absolute atomic E-state index is 11.7. The van der Waals surface area contributed by atoms with Gasteiger partial charge in [0.15, 0.2) is 5.92 Å². The van der Waals surface area contributed by atoms with Crippen LogP contribution in [0.5, 0.6) is 0 Å². The van der Waals surface area contributed by atoms with Gasteiger partial charge in [0.25, 0.3) is 0 Å². The van der Waals surface area contributed by atoms with Gasteiger partial charge in [0, 0.05) is 0 Å². The van der Waals surface area contributed by atoms with E-state index < -0.39 is 17.9 Å². The third kappa shape index (κ3) is 2.96. The largest absolute Gasteiger partial charge is 0.481 e. The Bertz CT molecular complexity index is 628. The minimum absolute atomic E-state index is 0.134. The molecule has 1 unspecified atom stereocenters. The highest BCUT2D eigenvalue weighted by atomic mass is 16.5. The van der Waals surface area contributed by atoms with E-state index in [1.807, 2.05) is 42.5 Å². The van der Waals surface area contributed by atoms with Gasteiger partial charge >= 0.3 is 11.9 Å². The van der Waals surface area contributed by atoms with Crippen LogP contribution in [0.1, 0.15) is 12.5 Å². The molecule has 0 spiro atoms. The minimum atomic E-state index is -1.17. The number of carbonyl (C=O) groups excluding carboxylic acids is 1. The Kier molecular flexibility index (Phi) is 4.35. The summed E-state index contributed by atoms with van der Waals surface area (Å²) in [4.78, 5) is 23.0. The Morgan fingerprint density at radius 1 is 1.15 bits per heavy atom. The van der Waals surface area contributed by atoms with Crippen LogP contribution in [0.3, 0.4) is 0 Å². The number of aliphatic carboxylic acids is 1. The number of ether oxygens (including phenoxy) is 1. The van der Waals surface area contributed by atoms with Crippen LogP contribution < -0.4 is 0 Å². The van der Waals surface area contributed by atoms with Crippen molar-refractivity contribution in [2.75, 3.05) is 6.61 Å². The van der Waals surface area contributed by atoms with Crippen molar-refractivity contribution < 1.29 is 19.4 Å². The van der Waals surface area contributed by atoms with Gasteiger partial charge in [-0.05, 0) is 29.7 Å². The van der Waals surface area contributed by atoms with Crippen molar-refractivity contribution in [2.45, 2.75) is 13.3 Å². The quantitative estimate of drug-likeness (QED) is 0.671. The number of carboxylic acid groups (broad SMARTS) is 1. The Balaban J connectivity index is 2.34. The summed E-state index contributed by atoms with van der Waals surface area (Å²) in [6, 6.07) is 13.4. The van der Waals surface area contributed by atoms with Gasteiger partial charge in [-0.25, -0.2) is 0 Å². The van der Waals surface area contributed by atoms with E-state index in [0.29, 0.717) is 0 Å². The molecule has 0 aliphatic carbocycles. The summed E-state index contributed by atoms with van der Waals surface area (Å²) in [5.74, 6) is -3.01. The summed E-state index contributed by atoms with van der Waals surface area (Å²) in [7, 11) is 0. The zero-order valence-corrected chi connectivity index (χ0v) is 11.2. The lowest BCUT2D eigenvalue weighted by Crippen LogP contribution is -2.28. The molecule has 0 radical (unpaired) electrons. The maximum atomic E-state index is 11.7. The SMILES string of the molecule is CCOC(=O)C(Cc1cccc2ccccc12)C(=O)O. The van der Waals surface area contributed by atoms with Crippen LogP contribution in [-0.2, 0) is 20.7 Å². The van der Waals surface area contributed by atoms with Crippen LogP contribution in [0.25, 0.3) is 10.8 Å². The summed E-state index contributed by atoms with van der Waals surface area (Å²) >= 11 is 0. The number of hydrogen-bond donors (Lipinski definition) is 1. The van der Waals surface area contributed by atoms with Gasteiger partial charge in [0.2, 0.25) is 0 Å². The van der Waals surface area contributed by atoms with Crippen LogP contribution in [-0.4, -0.2) is 23.7 Å². The van der Waals surface area contributed by atoms with Crippen LogP contribution in [0.4, 0.5) is 0 Å². The molecule has 2 rings (SSSR count). The fraction of sp³-hybridized carbons (Fsp3) is 0.250. The van der Waals surface area contributed by atoms with Crippen LogP contribution in [0.15, 0.2) is 42.5 Å². The molecule has 0 aliphatic heterocycles. The van der Waals surface area contributed by atoms with E-state index in [9.17, 15) is 14.7 Å². The average molecular weight is 272 g/mol. The fourth-order valence-electron chi connectivity index (χ4n) is 2.20. The fourth-order valence-corrected chi connectivity index (χ4v) is 2.20. The second-order valence-electron chi connectivity index (χ2n) is 4.49. The number of esters is 1. The molecule has 0 aromatic heterocycles. The van der Waals surface area contributed by atoms with E-state index in [1.54, 1.807) is 6.92 Å². The van der Waals surface area contributed by atoms with E-state index in [-0.39, 0.29) is 13.0 Å². The van der Waals surface area contributed by atoms with Gasteiger partial charge in [-0.3, -0.25) is 9.59 Å². The summed E-state index contributed by atoms with van der Waals surface area (Å²) in [5, 5.41) is 11.2. The highest BCUT2D eigenvalue weighted by Crippen LogP contribution is 2.22. The normalized spacial score (nSPS) is 12.1. The summed E-state index contributed by atoms with van der Waals surface area (Å²) < 4.78 is 4.83. The van der Waals surface area contributed by atoms with Gasteiger partial charge in [-0.1, -0.05) is 42.5 Å². The number of rotatable bonds is 5. The first kappa shape index (κ1) is 14.1. The molecule has 4 nitrogen and oxygen atoms in total. The Hall–Kier alpha value is -2.36. The number of hydrogen-bond acceptors (Lipinski definition) is 3. The lowest BCUT2D eigenvalue weighted by Gasteiger charge is -2.13. The van der Waals surface area contributed by atoms with E-state index >= 15 is 0 Å². The molecule has 0 fully saturated rings. The molecule has 20 heavy (non-hydrogen) atoms. The summed E-state index contributed by atoms with van der Waals surface area (Å²) in [6.45, 7) is 1.84. The van der Waals surface area contributed by atoms with E-state index in [1.165, 1.54) is 0 Å². The van der Waals surface area contributed by atoms with Crippen molar-refractivity contribution >= 4 is 22.7 Å². The standard InChI is InChI=1S/C16H16O4/c1-2-20-16(19)14(15(17)18)10-12-8-5-7-11-6-3-4-9-13(11)12/h3-9,14H,2,10H2,1H3,(H,17,18). The summed E-state index contributed by atoms with van der Waals surface area (Å²) in [5.41, 5.74) is 0.837. The Morgan fingerprint density at radius 2 is 1.85 bits per heavy atom. The van der Waals surface area contributed by atoms with Crippen molar-refractivity contribution in [3.8, 4) is 0 Å². The molecule has 104 valence electrons. The summed E-state index contributed by atoms with van der Waals surface area (Å²) in [6.07, 6.45) is 0.134. The smallest absolute Gasteiger partial charge is 0.320 e. The van der Waals surface area contributed by atoms with Crippen molar-refractivity contribution in [1.82, 2.24) is 0 Å². The van der Waals surface area contributed by atoms with Crippen molar-refractivity contribution in [3.05, 3.63) is 48.0 Å². The van der Waals surface area contributed by atoms with Gasteiger partial charge in [-0.2, -0.15) is 0 Å². The van der Waals surface area contributed by atoms with Crippen molar-refractivity contribution in [3.63, 3.8) is 0 Å². The van der Waals surface area contributed by atoms with Crippen LogP contribution >= 0.6 is 0 Å². The lowest BCUT2D eigenvalue weighted by atomic mass is 9.95. The molecule has 0 saturated carbocycles. The first-order valence-electron chi connectivity index (χ1n) is 6.49. The number of carboxylic acids is 1. The van der Waals surface area contributed by atoms with Gasteiger partial charge in [-0.15, -0.1) is 0 Å². The first-order chi connectivity index (χ1) is 9.63. The van der Waals surface area contributed by atoms with Crippen molar-refractivity contribution in [2.24, 2.45) is 5.92 Å². The first-order valence-corrected chi connectivity index (χ1v) is 6.49. The molecule has 0 amide bonds. The predicted octanol–water partition coefficient (Wildman–Crippen LogP) is 2.65. The molecule has 1 N–H and O–H groups in total. The van der Waals surface area contributed by atoms with Gasteiger partial charge < -0.3 is 9.84 Å². The molecule has 2 aromatic rings. The third-order valence-electron chi connectivity index (χ3n) is 3.17. The molecule has 4 heteroatoms. The topological polar surface area (TPSA) is 63.6 Å². The minimum Gasteiger partial charge on any atom is -0.481 e. The van der Waals surface area contributed by atoms with E-state index in [2.05, 4.69) is 0 Å². The number of benzene rings is 2. The zero-order valence-electron chi connectivity index (χ0n) is 11.2. The van der Waals surface area contributed by atoms with Gasteiger partial charge in [0.05, 0.1) is 6.61 Å². The number of fused-ring (bicyclic) bond motifs is 1. The lowest BCUT2D eigenvalue weighted by molar-refractivity contribution is -0.158. The van der Waals surface area contributed by atoms with Crippen LogP contribution in [0, 0.1) is 5.92 Å². The van der Waals surface area contributed by atoms with Crippen LogP contribution in [0.2, 0.25) is 0 Å². The zero-order chi connectivity index (χ0) is 14.5. The Labute approximate surface area is 117 Å². The molecule has 0 aliphatic rings. The van der Waals surface area contributed by atoms with E-state index in [4.69, 9.17) is 4.74 Å². The second-order valence-corrected chi connectivity index (χ2v) is 4.49. The monoisotopic (exact) mass is 272 g/mol. The highest BCUT2D eigenvalue weighted by Gasteiger charge is 2.28. The molecular formula is C16H16O4. The Morgan fingerprint density at radius 3 is 2.55 bits per heavy atom. The molecule has 0 heterocycles. The predicted molar refractivity (Wildman–Crippen MR) is 75.4 cm³/mol. The molecule has 1 atom stereocenters. The molecule has 2 aromatic carbocycles. The number of carbonyl (C=O) groups is 2. The molecule has 0 bridgehead atoms. The van der Waals surface area contributed by atoms with Crippen molar-refractivity contribution in [1.29, 1.82) is 0 Å². The molecule has 0 saturated heterocycles. The van der Waals surface area contributed by atoms with Gasteiger partial charge in [0.1, 0.15) is 0 Å². The second kappa shape index (κ2) is 6.19. The average Bonchev–Trinajstić information content (AvgIpc) is 2.44. The molecular weight excluding hydrogens is 256 g/mol.